The molecule has 2 N–H and O–H groups in total. The standard InChI is InChI=1S/C23H25N5O3/c1-31-19-9-7-18(8-10-19)28-23(24)20(14-26-28)22(30)16-5-4-12-27(15-16)21(29)13-17-6-2-3-11-25-17/h2-3,6-11,14,16H,4-5,12-13,15,24H2,1H3. The number of piperidine rings is 1. The van der Waals surface area contributed by atoms with Gasteiger partial charge in [-0.2, -0.15) is 5.10 Å². The Kier molecular flexibility index (Phi) is 5.97. The third kappa shape index (κ3) is 4.42. The number of pyridine rings is 1. The Hall–Kier alpha value is -3.68. The number of carbonyl (C=O) groups excluding carboxylic acids is 2. The molecule has 1 aliphatic rings. The molecule has 1 fully saturated rings. The smallest absolute Gasteiger partial charge is 0.228 e. The minimum Gasteiger partial charge on any atom is -0.497 e. The van der Waals surface area contributed by atoms with Gasteiger partial charge in [-0.25, -0.2) is 4.68 Å². The lowest BCUT2D eigenvalue weighted by molar-refractivity contribution is -0.131. The molecule has 160 valence electrons. The number of anilines is 1. The van der Waals surface area contributed by atoms with Crippen LogP contribution in [0.15, 0.2) is 54.9 Å². The van der Waals surface area contributed by atoms with Crippen LogP contribution >= 0.6 is 0 Å². The fraction of sp³-hybridized carbons (Fsp3) is 0.304. The van der Waals surface area contributed by atoms with Gasteiger partial charge in [-0.15, -0.1) is 0 Å². The van der Waals surface area contributed by atoms with Gasteiger partial charge in [0.2, 0.25) is 5.91 Å². The maximum Gasteiger partial charge on any atom is 0.228 e. The Labute approximate surface area is 180 Å². The molecule has 4 rings (SSSR count). The molecular weight excluding hydrogens is 394 g/mol. The lowest BCUT2D eigenvalue weighted by atomic mass is 9.90. The van der Waals surface area contributed by atoms with Gasteiger partial charge in [-0.3, -0.25) is 14.6 Å². The number of nitrogens with zero attached hydrogens (tertiary/aromatic N) is 4. The number of amides is 1. The third-order valence-electron chi connectivity index (χ3n) is 5.59. The van der Waals surface area contributed by atoms with Crippen LogP contribution in [-0.2, 0) is 11.2 Å². The molecule has 1 saturated heterocycles. The van der Waals surface area contributed by atoms with E-state index in [1.54, 1.807) is 22.9 Å². The topological polar surface area (TPSA) is 103 Å². The van der Waals surface area contributed by atoms with E-state index in [0.29, 0.717) is 24.5 Å². The van der Waals surface area contributed by atoms with E-state index in [4.69, 9.17) is 10.5 Å². The van der Waals surface area contributed by atoms with E-state index in [1.807, 2.05) is 42.5 Å². The summed E-state index contributed by atoms with van der Waals surface area (Å²) in [6, 6.07) is 12.8. The molecule has 8 heteroatoms. The normalized spacial score (nSPS) is 16.2. The molecule has 0 aliphatic carbocycles. The lowest BCUT2D eigenvalue weighted by Crippen LogP contribution is -2.43. The molecule has 0 bridgehead atoms. The first kappa shape index (κ1) is 20.6. The monoisotopic (exact) mass is 419 g/mol. The summed E-state index contributed by atoms with van der Waals surface area (Å²) >= 11 is 0. The van der Waals surface area contributed by atoms with Gasteiger partial charge in [0.1, 0.15) is 11.6 Å². The number of benzene rings is 1. The molecule has 3 heterocycles. The molecule has 0 saturated carbocycles. The molecule has 31 heavy (non-hydrogen) atoms. The first-order valence-electron chi connectivity index (χ1n) is 10.3. The SMILES string of the molecule is COc1ccc(-n2ncc(C(=O)C3CCCN(C(=O)Cc4ccccn4)C3)c2N)cc1. The number of hydrogen-bond donors (Lipinski definition) is 1. The van der Waals surface area contributed by atoms with Crippen molar-refractivity contribution in [2.75, 3.05) is 25.9 Å². The van der Waals surface area contributed by atoms with Crippen LogP contribution in [0.4, 0.5) is 5.82 Å². The zero-order valence-electron chi connectivity index (χ0n) is 17.4. The summed E-state index contributed by atoms with van der Waals surface area (Å²) < 4.78 is 6.71. The summed E-state index contributed by atoms with van der Waals surface area (Å²) in [4.78, 5) is 31.9. The fourth-order valence-corrected chi connectivity index (χ4v) is 3.88. The fourth-order valence-electron chi connectivity index (χ4n) is 3.88. The zero-order chi connectivity index (χ0) is 21.8. The molecule has 0 spiro atoms. The average molecular weight is 419 g/mol. The molecule has 2 aromatic heterocycles. The lowest BCUT2D eigenvalue weighted by Gasteiger charge is -2.32. The highest BCUT2D eigenvalue weighted by Crippen LogP contribution is 2.26. The van der Waals surface area contributed by atoms with Gasteiger partial charge in [0.05, 0.1) is 31.0 Å². The number of Topliss-reactive ketones (excluding diaryl/α,β-unsaturated/α-hetero) is 1. The highest BCUT2D eigenvalue weighted by atomic mass is 16.5. The van der Waals surface area contributed by atoms with E-state index in [0.717, 1.165) is 30.0 Å². The van der Waals surface area contributed by atoms with Crippen molar-refractivity contribution in [2.24, 2.45) is 5.92 Å². The molecule has 1 atom stereocenters. The predicted octanol–water partition coefficient (Wildman–Crippen LogP) is 2.52. The van der Waals surface area contributed by atoms with Gasteiger partial charge in [0, 0.05) is 30.9 Å². The minimum absolute atomic E-state index is 0.0156. The van der Waals surface area contributed by atoms with E-state index < -0.39 is 0 Å². The molecular formula is C23H25N5O3. The van der Waals surface area contributed by atoms with Gasteiger partial charge in [-0.1, -0.05) is 6.07 Å². The van der Waals surface area contributed by atoms with Crippen molar-refractivity contribution < 1.29 is 14.3 Å². The van der Waals surface area contributed by atoms with E-state index in [-0.39, 0.29) is 24.0 Å². The zero-order valence-corrected chi connectivity index (χ0v) is 17.4. The summed E-state index contributed by atoms with van der Waals surface area (Å²) in [7, 11) is 1.60. The van der Waals surface area contributed by atoms with Crippen molar-refractivity contribution in [1.82, 2.24) is 19.7 Å². The van der Waals surface area contributed by atoms with Crippen molar-refractivity contribution in [3.05, 3.63) is 66.1 Å². The van der Waals surface area contributed by atoms with Crippen molar-refractivity contribution in [3.8, 4) is 11.4 Å². The second-order valence-electron chi connectivity index (χ2n) is 7.59. The Bertz CT molecular complexity index is 1060. The minimum atomic E-state index is -0.294. The summed E-state index contributed by atoms with van der Waals surface area (Å²) in [5.41, 5.74) is 8.13. The largest absolute Gasteiger partial charge is 0.497 e. The van der Waals surface area contributed by atoms with E-state index in [9.17, 15) is 9.59 Å². The first-order valence-corrected chi connectivity index (χ1v) is 10.3. The first-order chi connectivity index (χ1) is 15.1. The average Bonchev–Trinajstić information content (AvgIpc) is 3.20. The highest BCUT2D eigenvalue weighted by molar-refractivity contribution is 6.02. The molecule has 1 unspecified atom stereocenters. The Morgan fingerprint density at radius 2 is 2.00 bits per heavy atom. The van der Waals surface area contributed by atoms with Crippen LogP contribution in [0, 0.1) is 5.92 Å². The number of aromatic nitrogens is 3. The van der Waals surface area contributed by atoms with Crippen LogP contribution in [0.25, 0.3) is 5.69 Å². The number of nitrogens with two attached hydrogens (primary N) is 1. The van der Waals surface area contributed by atoms with Gasteiger partial charge in [-0.05, 0) is 49.2 Å². The predicted molar refractivity (Wildman–Crippen MR) is 116 cm³/mol. The Morgan fingerprint density at radius 3 is 2.71 bits per heavy atom. The Morgan fingerprint density at radius 1 is 1.19 bits per heavy atom. The maximum atomic E-state index is 13.2. The summed E-state index contributed by atoms with van der Waals surface area (Å²) in [5, 5.41) is 4.31. The van der Waals surface area contributed by atoms with Crippen LogP contribution in [0.2, 0.25) is 0 Å². The number of methoxy groups -OCH3 is 1. The number of likely N-dealkylation sites (tertiary alicyclic amines) is 1. The summed E-state index contributed by atoms with van der Waals surface area (Å²) in [6.45, 7) is 1.04. The summed E-state index contributed by atoms with van der Waals surface area (Å²) in [5.74, 6) is 0.637. The maximum absolute atomic E-state index is 13.2. The van der Waals surface area contributed by atoms with Gasteiger partial charge >= 0.3 is 0 Å². The van der Waals surface area contributed by atoms with Crippen LogP contribution in [0.5, 0.6) is 5.75 Å². The van der Waals surface area contributed by atoms with Gasteiger partial charge < -0.3 is 15.4 Å². The molecule has 3 aromatic rings. The Balaban J connectivity index is 1.46. The summed E-state index contributed by atoms with van der Waals surface area (Å²) in [6.07, 6.45) is 4.92. The van der Waals surface area contributed by atoms with E-state index in [2.05, 4.69) is 10.1 Å². The van der Waals surface area contributed by atoms with Crippen molar-refractivity contribution in [1.29, 1.82) is 0 Å². The molecule has 8 nitrogen and oxygen atoms in total. The highest BCUT2D eigenvalue weighted by Gasteiger charge is 2.31. The van der Waals surface area contributed by atoms with Gasteiger partial charge in [0.15, 0.2) is 5.78 Å². The number of ketones is 1. The molecule has 0 radical (unpaired) electrons. The van der Waals surface area contributed by atoms with Crippen LogP contribution in [0.3, 0.4) is 0 Å². The number of carbonyl (C=O) groups is 2. The van der Waals surface area contributed by atoms with Crippen LogP contribution < -0.4 is 10.5 Å². The van der Waals surface area contributed by atoms with E-state index >= 15 is 0 Å². The number of ether oxygens (including phenoxy) is 1. The third-order valence-corrected chi connectivity index (χ3v) is 5.59. The van der Waals surface area contributed by atoms with Crippen LogP contribution in [0.1, 0.15) is 28.9 Å². The second-order valence-corrected chi connectivity index (χ2v) is 7.59. The van der Waals surface area contributed by atoms with Crippen molar-refractivity contribution in [3.63, 3.8) is 0 Å². The molecule has 1 amide bonds. The van der Waals surface area contributed by atoms with Crippen molar-refractivity contribution >= 4 is 17.5 Å². The molecule has 1 aromatic carbocycles. The number of nitrogen functional groups attached to an aromatic ring is 1. The van der Waals surface area contributed by atoms with E-state index in [1.165, 1.54) is 6.20 Å². The quantitative estimate of drug-likeness (QED) is 0.616. The number of hydrogen-bond acceptors (Lipinski definition) is 6. The number of rotatable bonds is 6. The second kappa shape index (κ2) is 8.99. The van der Waals surface area contributed by atoms with Crippen LogP contribution in [-0.4, -0.2) is 51.6 Å². The van der Waals surface area contributed by atoms with Gasteiger partial charge in [0.25, 0.3) is 0 Å². The molecule has 1 aliphatic heterocycles. The van der Waals surface area contributed by atoms with Crippen molar-refractivity contribution in [2.45, 2.75) is 19.3 Å².